The smallest absolute Gasteiger partial charge is 0.231 e. The van der Waals surface area contributed by atoms with Crippen LogP contribution in [0.1, 0.15) is 0 Å². The highest BCUT2D eigenvalue weighted by Gasteiger charge is 2.13. The van der Waals surface area contributed by atoms with Gasteiger partial charge in [0.15, 0.2) is 23.1 Å². The number of nitrogen functional groups attached to an aromatic ring is 1. The summed E-state index contributed by atoms with van der Waals surface area (Å²) >= 11 is 0. The fourth-order valence-electron chi connectivity index (χ4n) is 1.62. The number of hydrogen-bond donors (Lipinski definition) is 3. The van der Waals surface area contributed by atoms with Crippen molar-refractivity contribution in [3.8, 4) is 11.5 Å². The standard InChI is InChI=1S/C11H11N5O2/c12-16-11-5-13-4-10(15-11)14-7-1-2-8-9(3-7)18-6-17-8/h1-5H,6,12H2,(H2,14,15,16). The molecule has 0 amide bonds. The molecular weight excluding hydrogens is 234 g/mol. The number of hydrogen-bond acceptors (Lipinski definition) is 7. The van der Waals surface area contributed by atoms with E-state index in [1.165, 1.54) is 6.20 Å². The second-order valence-electron chi connectivity index (χ2n) is 3.63. The summed E-state index contributed by atoms with van der Waals surface area (Å²) in [6, 6.07) is 5.55. The number of hydrazine groups is 1. The predicted molar refractivity (Wildman–Crippen MR) is 65.7 cm³/mol. The Kier molecular flexibility index (Phi) is 2.58. The number of fused-ring (bicyclic) bond motifs is 1. The zero-order valence-corrected chi connectivity index (χ0v) is 9.38. The molecule has 0 fully saturated rings. The lowest BCUT2D eigenvalue weighted by Crippen LogP contribution is -2.09. The molecule has 1 aromatic heterocycles. The lowest BCUT2D eigenvalue weighted by Gasteiger charge is -2.07. The maximum absolute atomic E-state index is 5.29. The normalized spacial score (nSPS) is 12.3. The van der Waals surface area contributed by atoms with Gasteiger partial charge >= 0.3 is 0 Å². The van der Waals surface area contributed by atoms with Crippen LogP contribution in [0.3, 0.4) is 0 Å². The van der Waals surface area contributed by atoms with Crippen LogP contribution in [0.4, 0.5) is 17.3 Å². The Morgan fingerprint density at radius 1 is 1.11 bits per heavy atom. The van der Waals surface area contributed by atoms with Crippen molar-refractivity contribution in [3.05, 3.63) is 30.6 Å². The third-order valence-corrected chi connectivity index (χ3v) is 2.43. The van der Waals surface area contributed by atoms with E-state index in [0.29, 0.717) is 17.4 Å². The van der Waals surface area contributed by atoms with Gasteiger partial charge in [0.2, 0.25) is 6.79 Å². The van der Waals surface area contributed by atoms with Crippen LogP contribution in [0, 0.1) is 0 Å². The molecule has 0 atom stereocenters. The van der Waals surface area contributed by atoms with Gasteiger partial charge in [0.05, 0.1) is 12.4 Å². The van der Waals surface area contributed by atoms with Crippen LogP contribution in [0.15, 0.2) is 30.6 Å². The molecule has 1 aliphatic rings. The highest BCUT2D eigenvalue weighted by atomic mass is 16.7. The number of anilines is 3. The number of ether oxygens (including phenoxy) is 2. The molecule has 0 saturated heterocycles. The van der Waals surface area contributed by atoms with E-state index in [2.05, 4.69) is 20.7 Å². The molecule has 0 spiro atoms. The summed E-state index contributed by atoms with van der Waals surface area (Å²) in [4.78, 5) is 8.20. The maximum atomic E-state index is 5.29. The second-order valence-corrected chi connectivity index (χ2v) is 3.63. The molecule has 7 heteroatoms. The Morgan fingerprint density at radius 2 is 1.94 bits per heavy atom. The first-order valence-corrected chi connectivity index (χ1v) is 5.30. The molecule has 0 radical (unpaired) electrons. The lowest BCUT2D eigenvalue weighted by atomic mass is 10.3. The summed E-state index contributed by atoms with van der Waals surface area (Å²) in [6.07, 6.45) is 3.14. The summed E-state index contributed by atoms with van der Waals surface area (Å²) in [5.74, 6) is 7.79. The summed E-state index contributed by atoms with van der Waals surface area (Å²) < 4.78 is 10.5. The molecule has 2 heterocycles. The van der Waals surface area contributed by atoms with Crippen molar-refractivity contribution in [3.63, 3.8) is 0 Å². The van der Waals surface area contributed by atoms with Gasteiger partial charge in [-0.15, -0.1) is 0 Å². The van der Waals surface area contributed by atoms with Crippen molar-refractivity contribution >= 4 is 17.3 Å². The van der Waals surface area contributed by atoms with Gasteiger partial charge in [-0.25, -0.2) is 10.8 Å². The number of nitrogens with two attached hydrogens (primary N) is 1. The van der Waals surface area contributed by atoms with Crippen LogP contribution in [0.5, 0.6) is 11.5 Å². The van der Waals surface area contributed by atoms with E-state index in [4.69, 9.17) is 15.3 Å². The zero-order chi connectivity index (χ0) is 12.4. The van der Waals surface area contributed by atoms with Gasteiger partial charge in [0.1, 0.15) is 0 Å². The van der Waals surface area contributed by atoms with E-state index in [1.54, 1.807) is 6.20 Å². The monoisotopic (exact) mass is 245 g/mol. The minimum Gasteiger partial charge on any atom is -0.454 e. The van der Waals surface area contributed by atoms with E-state index in [9.17, 15) is 0 Å². The van der Waals surface area contributed by atoms with Crippen molar-refractivity contribution in [2.75, 3.05) is 17.5 Å². The molecule has 18 heavy (non-hydrogen) atoms. The van der Waals surface area contributed by atoms with Crippen molar-refractivity contribution < 1.29 is 9.47 Å². The van der Waals surface area contributed by atoms with E-state index < -0.39 is 0 Å². The first-order valence-electron chi connectivity index (χ1n) is 5.30. The summed E-state index contributed by atoms with van der Waals surface area (Å²) in [5, 5.41) is 3.10. The summed E-state index contributed by atoms with van der Waals surface area (Å²) in [7, 11) is 0. The quantitative estimate of drug-likeness (QED) is 0.553. The van der Waals surface area contributed by atoms with E-state index in [1.807, 2.05) is 18.2 Å². The average Bonchev–Trinajstić information content (AvgIpc) is 2.86. The van der Waals surface area contributed by atoms with Crippen LogP contribution in [0.2, 0.25) is 0 Å². The SMILES string of the molecule is NNc1cncc(Nc2ccc3c(c2)OCO3)n1. The molecular formula is C11H11N5O2. The van der Waals surface area contributed by atoms with Gasteiger partial charge in [0, 0.05) is 11.8 Å². The fourth-order valence-corrected chi connectivity index (χ4v) is 1.62. The number of nitrogens with one attached hydrogen (secondary N) is 2. The highest BCUT2D eigenvalue weighted by molar-refractivity contribution is 5.62. The van der Waals surface area contributed by atoms with Crippen LogP contribution in [-0.4, -0.2) is 16.8 Å². The molecule has 0 bridgehead atoms. The van der Waals surface area contributed by atoms with Crippen LogP contribution in [0.25, 0.3) is 0 Å². The van der Waals surface area contributed by atoms with Crippen molar-refractivity contribution in [2.45, 2.75) is 0 Å². The number of nitrogens with zero attached hydrogens (tertiary/aromatic N) is 2. The van der Waals surface area contributed by atoms with E-state index >= 15 is 0 Å². The fraction of sp³-hybridized carbons (Fsp3) is 0.0909. The number of aromatic nitrogens is 2. The van der Waals surface area contributed by atoms with Crippen LogP contribution < -0.4 is 26.1 Å². The molecule has 2 aromatic rings. The number of benzene rings is 1. The Balaban J connectivity index is 1.83. The Labute approximate surface area is 103 Å². The third kappa shape index (κ3) is 1.98. The Morgan fingerprint density at radius 3 is 2.83 bits per heavy atom. The first kappa shape index (κ1) is 10.6. The summed E-state index contributed by atoms with van der Waals surface area (Å²) in [6.45, 7) is 0.255. The van der Waals surface area contributed by atoms with Gasteiger partial charge in [-0.2, -0.15) is 0 Å². The van der Waals surface area contributed by atoms with Gasteiger partial charge < -0.3 is 20.2 Å². The molecule has 0 saturated carbocycles. The predicted octanol–water partition coefficient (Wildman–Crippen LogP) is 1.23. The maximum Gasteiger partial charge on any atom is 0.231 e. The Hall–Kier alpha value is -2.54. The molecule has 0 aliphatic carbocycles. The third-order valence-electron chi connectivity index (χ3n) is 2.43. The molecule has 3 rings (SSSR count). The van der Waals surface area contributed by atoms with Gasteiger partial charge in [0.25, 0.3) is 0 Å². The van der Waals surface area contributed by atoms with Crippen molar-refractivity contribution in [1.82, 2.24) is 9.97 Å². The molecule has 7 nitrogen and oxygen atoms in total. The number of rotatable bonds is 3. The largest absolute Gasteiger partial charge is 0.454 e. The average molecular weight is 245 g/mol. The minimum absolute atomic E-state index is 0.255. The molecule has 1 aromatic carbocycles. The van der Waals surface area contributed by atoms with Gasteiger partial charge in [-0.3, -0.25) is 4.98 Å². The van der Waals surface area contributed by atoms with Gasteiger partial charge in [-0.1, -0.05) is 0 Å². The second kappa shape index (κ2) is 4.38. The topological polar surface area (TPSA) is 94.3 Å². The van der Waals surface area contributed by atoms with Crippen molar-refractivity contribution in [2.24, 2.45) is 5.84 Å². The van der Waals surface area contributed by atoms with Crippen LogP contribution >= 0.6 is 0 Å². The highest BCUT2D eigenvalue weighted by Crippen LogP contribution is 2.34. The molecule has 92 valence electrons. The molecule has 4 N–H and O–H groups in total. The Bertz CT molecular complexity index is 575. The van der Waals surface area contributed by atoms with E-state index in [0.717, 1.165) is 11.4 Å². The molecule has 0 unspecified atom stereocenters. The first-order chi connectivity index (χ1) is 8.85. The minimum atomic E-state index is 0.255. The summed E-state index contributed by atoms with van der Waals surface area (Å²) in [5.41, 5.74) is 3.27. The zero-order valence-electron chi connectivity index (χ0n) is 9.38. The lowest BCUT2D eigenvalue weighted by molar-refractivity contribution is 0.174. The van der Waals surface area contributed by atoms with E-state index in [-0.39, 0.29) is 6.79 Å². The van der Waals surface area contributed by atoms with Crippen LogP contribution in [-0.2, 0) is 0 Å². The van der Waals surface area contributed by atoms with Gasteiger partial charge in [-0.05, 0) is 12.1 Å². The molecule has 1 aliphatic heterocycles. The van der Waals surface area contributed by atoms with Crippen molar-refractivity contribution in [1.29, 1.82) is 0 Å².